The summed E-state index contributed by atoms with van der Waals surface area (Å²) in [7, 11) is 0. The van der Waals surface area contributed by atoms with Crippen LogP contribution < -0.4 is 5.73 Å². The molecule has 1 unspecified atom stereocenters. The number of esters is 1. The molecule has 100 valence electrons. The van der Waals surface area contributed by atoms with Gasteiger partial charge in [0.05, 0.1) is 19.8 Å². The van der Waals surface area contributed by atoms with Gasteiger partial charge in [-0.05, 0) is 27.2 Å². The van der Waals surface area contributed by atoms with Crippen molar-refractivity contribution < 1.29 is 14.3 Å². The van der Waals surface area contributed by atoms with Crippen LogP contribution in [0.15, 0.2) is 0 Å². The van der Waals surface area contributed by atoms with Gasteiger partial charge >= 0.3 is 5.97 Å². The Balaban J connectivity index is 2.36. The molecule has 1 saturated heterocycles. The largest absolute Gasteiger partial charge is 0.465 e. The molecular weight excluding hydrogens is 220 g/mol. The van der Waals surface area contributed by atoms with Crippen molar-refractivity contribution in [2.45, 2.75) is 38.8 Å². The fourth-order valence-electron chi connectivity index (χ4n) is 1.97. The first kappa shape index (κ1) is 14.4. The quantitative estimate of drug-likeness (QED) is 0.708. The van der Waals surface area contributed by atoms with Gasteiger partial charge in [-0.2, -0.15) is 0 Å². The molecule has 1 atom stereocenters. The SMILES string of the molecule is CCOC(=O)C(N)CCN1CCOCC1(C)C. The van der Waals surface area contributed by atoms with Gasteiger partial charge in [0.15, 0.2) is 0 Å². The summed E-state index contributed by atoms with van der Waals surface area (Å²) < 4.78 is 10.3. The van der Waals surface area contributed by atoms with E-state index in [1.165, 1.54) is 0 Å². The molecule has 0 saturated carbocycles. The fourth-order valence-corrected chi connectivity index (χ4v) is 1.97. The molecule has 0 aromatic heterocycles. The van der Waals surface area contributed by atoms with Crippen LogP contribution in [-0.2, 0) is 14.3 Å². The molecule has 2 N–H and O–H groups in total. The maximum atomic E-state index is 11.4. The van der Waals surface area contributed by atoms with Crippen LogP contribution >= 0.6 is 0 Å². The first-order chi connectivity index (χ1) is 7.97. The van der Waals surface area contributed by atoms with Crippen molar-refractivity contribution in [2.24, 2.45) is 5.73 Å². The molecule has 5 nitrogen and oxygen atoms in total. The Kier molecular flexibility index (Phi) is 5.36. The topological polar surface area (TPSA) is 64.8 Å². The summed E-state index contributed by atoms with van der Waals surface area (Å²) in [4.78, 5) is 13.7. The van der Waals surface area contributed by atoms with E-state index in [0.29, 0.717) is 13.0 Å². The van der Waals surface area contributed by atoms with Gasteiger partial charge < -0.3 is 15.2 Å². The Bertz CT molecular complexity index is 256. The van der Waals surface area contributed by atoms with Gasteiger partial charge in [0, 0.05) is 18.6 Å². The van der Waals surface area contributed by atoms with Gasteiger partial charge in [-0.25, -0.2) is 0 Å². The van der Waals surface area contributed by atoms with E-state index in [0.717, 1.165) is 26.3 Å². The van der Waals surface area contributed by atoms with Gasteiger partial charge in [0.1, 0.15) is 6.04 Å². The standard InChI is InChI=1S/C12H24N2O3/c1-4-17-11(15)10(13)5-6-14-7-8-16-9-12(14,2)3/h10H,4-9,13H2,1-3H3. The molecule has 1 rings (SSSR count). The van der Waals surface area contributed by atoms with E-state index >= 15 is 0 Å². The highest BCUT2D eigenvalue weighted by atomic mass is 16.5. The van der Waals surface area contributed by atoms with Gasteiger partial charge in [-0.15, -0.1) is 0 Å². The van der Waals surface area contributed by atoms with Crippen molar-refractivity contribution in [3.63, 3.8) is 0 Å². The monoisotopic (exact) mass is 244 g/mol. The molecule has 0 aliphatic carbocycles. The number of nitrogens with two attached hydrogens (primary N) is 1. The normalized spacial score (nSPS) is 22.1. The molecule has 17 heavy (non-hydrogen) atoms. The van der Waals surface area contributed by atoms with Crippen LogP contribution in [0.4, 0.5) is 0 Å². The maximum Gasteiger partial charge on any atom is 0.322 e. The molecule has 0 bridgehead atoms. The number of ether oxygens (including phenoxy) is 2. The lowest BCUT2D eigenvalue weighted by Gasteiger charge is -2.42. The second kappa shape index (κ2) is 6.33. The predicted molar refractivity (Wildman–Crippen MR) is 65.7 cm³/mol. The Labute approximate surface area is 103 Å². The number of hydrogen-bond donors (Lipinski definition) is 1. The maximum absolute atomic E-state index is 11.4. The highest BCUT2D eigenvalue weighted by molar-refractivity contribution is 5.75. The second-order valence-corrected chi connectivity index (χ2v) is 5.00. The lowest BCUT2D eigenvalue weighted by Crippen LogP contribution is -2.54. The smallest absolute Gasteiger partial charge is 0.322 e. The minimum absolute atomic E-state index is 0.0205. The Morgan fingerprint density at radius 2 is 2.29 bits per heavy atom. The zero-order valence-corrected chi connectivity index (χ0v) is 11.1. The van der Waals surface area contributed by atoms with Crippen LogP contribution in [0.25, 0.3) is 0 Å². The zero-order chi connectivity index (χ0) is 12.9. The summed E-state index contributed by atoms with van der Waals surface area (Å²) in [6.45, 7) is 9.62. The minimum atomic E-state index is -0.520. The minimum Gasteiger partial charge on any atom is -0.465 e. The first-order valence-corrected chi connectivity index (χ1v) is 6.22. The molecule has 1 aliphatic rings. The molecule has 1 fully saturated rings. The highest BCUT2D eigenvalue weighted by Gasteiger charge is 2.30. The number of morpholine rings is 1. The summed E-state index contributed by atoms with van der Waals surface area (Å²) in [5.41, 5.74) is 5.80. The molecule has 1 heterocycles. The van der Waals surface area contributed by atoms with E-state index in [9.17, 15) is 4.79 Å². The number of carbonyl (C=O) groups is 1. The van der Waals surface area contributed by atoms with Crippen LogP contribution in [0.2, 0.25) is 0 Å². The molecule has 0 amide bonds. The number of carbonyl (C=O) groups excluding carboxylic acids is 1. The van der Waals surface area contributed by atoms with Crippen molar-refractivity contribution in [2.75, 3.05) is 32.9 Å². The summed E-state index contributed by atoms with van der Waals surface area (Å²) >= 11 is 0. The lowest BCUT2D eigenvalue weighted by molar-refractivity contribution is -0.145. The summed E-state index contributed by atoms with van der Waals surface area (Å²) in [5, 5.41) is 0. The van der Waals surface area contributed by atoms with Crippen molar-refractivity contribution >= 4 is 5.97 Å². The van der Waals surface area contributed by atoms with E-state index in [-0.39, 0.29) is 11.5 Å². The van der Waals surface area contributed by atoms with E-state index in [4.69, 9.17) is 15.2 Å². The molecule has 1 aliphatic heterocycles. The van der Waals surface area contributed by atoms with E-state index in [1.807, 2.05) is 0 Å². The Morgan fingerprint density at radius 1 is 1.59 bits per heavy atom. The zero-order valence-electron chi connectivity index (χ0n) is 11.1. The summed E-state index contributed by atoms with van der Waals surface area (Å²) in [6.07, 6.45) is 0.627. The third-order valence-electron chi connectivity index (χ3n) is 3.12. The first-order valence-electron chi connectivity index (χ1n) is 6.22. The van der Waals surface area contributed by atoms with Crippen LogP contribution in [0, 0.1) is 0 Å². The molecule has 0 aromatic carbocycles. The van der Waals surface area contributed by atoms with Crippen LogP contribution in [-0.4, -0.2) is 55.4 Å². The molecule has 0 spiro atoms. The highest BCUT2D eigenvalue weighted by Crippen LogP contribution is 2.19. The van der Waals surface area contributed by atoms with E-state index in [2.05, 4.69) is 18.7 Å². The van der Waals surface area contributed by atoms with Crippen molar-refractivity contribution in [3.05, 3.63) is 0 Å². The summed E-state index contributed by atoms with van der Waals surface area (Å²) in [6, 6.07) is -0.520. The predicted octanol–water partition coefficient (Wildman–Crippen LogP) is 0.378. The van der Waals surface area contributed by atoms with E-state index in [1.54, 1.807) is 6.92 Å². The molecular formula is C12H24N2O3. The average molecular weight is 244 g/mol. The van der Waals surface area contributed by atoms with Crippen molar-refractivity contribution in [1.82, 2.24) is 4.90 Å². The Hall–Kier alpha value is -0.650. The third kappa shape index (κ3) is 4.26. The van der Waals surface area contributed by atoms with Crippen LogP contribution in [0.1, 0.15) is 27.2 Å². The molecule has 0 radical (unpaired) electrons. The number of nitrogens with zero attached hydrogens (tertiary/aromatic N) is 1. The van der Waals surface area contributed by atoms with Crippen LogP contribution in [0.5, 0.6) is 0 Å². The molecule has 0 aromatic rings. The lowest BCUT2D eigenvalue weighted by atomic mass is 10.0. The molecule has 5 heteroatoms. The fraction of sp³-hybridized carbons (Fsp3) is 0.917. The third-order valence-corrected chi connectivity index (χ3v) is 3.12. The van der Waals surface area contributed by atoms with Gasteiger partial charge in [-0.1, -0.05) is 0 Å². The Morgan fingerprint density at radius 3 is 2.88 bits per heavy atom. The second-order valence-electron chi connectivity index (χ2n) is 5.00. The summed E-state index contributed by atoms with van der Waals surface area (Å²) in [5.74, 6) is -0.307. The van der Waals surface area contributed by atoms with Crippen LogP contribution in [0.3, 0.4) is 0 Å². The van der Waals surface area contributed by atoms with Gasteiger partial charge in [-0.3, -0.25) is 9.69 Å². The number of hydrogen-bond acceptors (Lipinski definition) is 5. The van der Waals surface area contributed by atoms with E-state index < -0.39 is 6.04 Å². The van der Waals surface area contributed by atoms with Crippen molar-refractivity contribution in [3.8, 4) is 0 Å². The van der Waals surface area contributed by atoms with Gasteiger partial charge in [0.25, 0.3) is 0 Å². The van der Waals surface area contributed by atoms with Gasteiger partial charge in [0.2, 0.25) is 0 Å². The van der Waals surface area contributed by atoms with Crippen molar-refractivity contribution in [1.29, 1.82) is 0 Å². The number of rotatable bonds is 5. The average Bonchev–Trinajstić information content (AvgIpc) is 2.27.